The van der Waals surface area contributed by atoms with Gasteiger partial charge in [-0.2, -0.15) is 0 Å². The van der Waals surface area contributed by atoms with Crippen LogP contribution >= 0.6 is 11.3 Å². The summed E-state index contributed by atoms with van der Waals surface area (Å²) in [5.74, 6) is -0.789. The van der Waals surface area contributed by atoms with Crippen LogP contribution in [0, 0.1) is 11.8 Å². The molecule has 1 aromatic rings. The number of hydrogen-bond donors (Lipinski definition) is 1. The predicted octanol–water partition coefficient (Wildman–Crippen LogP) is 1.56. The van der Waals surface area contributed by atoms with Crippen LogP contribution in [0.5, 0.6) is 0 Å². The second-order valence-corrected chi connectivity index (χ2v) is 7.50. The van der Waals surface area contributed by atoms with Crippen molar-refractivity contribution in [1.29, 1.82) is 0 Å². The number of thiophene rings is 1. The summed E-state index contributed by atoms with van der Waals surface area (Å²) >= 11 is 1.64. The molecule has 1 N–H and O–H groups in total. The van der Waals surface area contributed by atoms with Crippen molar-refractivity contribution in [3.8, 4) is 0 Å². The first-order chi connectivity index (χ1) is 11.1. The highest BCUT2D eigenvalue weighted by Crippen LogP contribution is 2.52. The molecule has 2 amide bonds. The summed E-state index contributed by atoms with van der Waals surface area (Å²) in [6, 6.07) is 4.02. The van der Waals surface area contributed by atoms with Crippen LogP contribution in [0.15, 0.2) is 29.7 Å². The maximum Gasteiger partial charge on any atom is 0.230 e. The lowest BCUT2D eigenvalue weighted by Gasteiger charge is -2.23. The first-order valence-electron chi connectivity index (χ1n) is 8.11. The van der Waals surface area contributed by atoms with Crippen molar-refractivity contribution in [2.75, 3.05) is 13.1 Å². The first kappa shape index (κ1) is 14.9. The zero-order valence-corrected chi connectivity index (χ0v) is 13.8. The second-order valence-electron chi connectivity index (χ2n) is 6.46. The van der Waals surface area contributed by atoms with Crippen molar-refractivity contribution in [3.05, 3.63) is 34.5 Å². The lowest BCUT2D eigenvalue weighted by Crippen LogP contribution is -2.44. The third-order valence-corrected chi connectivity index (χ3v) is 5.82. The minimum atomic E-state index is -0.604. The summed E-state index contributed by atoms with van der Waals surface area (Å²) in [5.41, 5.74) is -0.604. The number of amides is 2. The Labute approximate surface area is 139 Å². The van der Waals surface area contributed by atoms with Gasteiger partial charge in [0.2, 0.25) is 11.8 Å². The van der Waals surface area contributed by atoms with Crippen molar-refractivity contribution < 1.29 is 14.3 Å². The Hall–Kier alpha value is -1.66. The summed E-state index contributed by atoms with van der Waals surface area (Å²) in [4.78, 5) is 28.4. The normalized spacial score (nSPS) is 34.2. The van der Waals surface area contributed by atoms with Crippen LogP contribution in [-0.2, 0) is 20.9 Å². The summed E-state index contributed by atoms with van der Waals surface area (Å²) in [6.07, 6.45) is 4.57. The largest absolute Gasteiger partial charge is 0.360 e. The topological polar surface area (TPSA) is 58.6 Å². The number of nitrogens with one attached hydrogen (secondary N) is 1. The van der Waals surface area contributed by atoms with Crippen LogP contribution in [0.25, 0.3) is 0 Å². The van der Waals surface area contributed by atoms with Gasteiger partial charge in [0.25, 0.3) is 0 Å². The van der Waals surface area contributed by atoms with E-state index in [0.29, 0.717) is 19.6 Å². The van der Waals surface area contributed by atoms with Crippen molar-refractivity contribution >= 4 is 23.2 Å². The number of ether oxygens (including phenoxy) is 1. The molecule has 2 bridgehead atoms. The third kappa shape index (κ3) is 2.23. The van der Waals surface area contributed by atoms with Gasteiger partial charge in [-0.25, -0.2) is 0 Å². The Bertz CT molecular complexity index is 657. The number of carbonyl (C=O) groups is 2. The molecule has 0 aliphatic carbocycles. The predicted molar refractivity (Wildman–Crippen MR) is 86.8 cm³/mol. The zero-order valence-electron chi connectivity index (χ0n) is 13.0. The SMILES string of the molecule is CCCNC(=O)C1C2C=CC3(CN(Cc4cccs4)C(=O)C13)O2. The molecule has 3 aliphatic rings. The van der Waals surface area contributed by atoms with E-state index in [1.165, 1.54) is 0 Å². The monoisotopic (exact) mass is 332 g/mol. The van der Waals surface area contributed by atoms with E-state index in [9.17, 15) is 9.59 Å². The van der Waals surface area contributed by atoms with Crippen molar-refractivity contribution in [2.24, 2.45) is 11.8 Å². The van der Waals surface area contributed by atoms with Crippen LogP contribution in [0.2, 0.25) is 0 Å². The van der Waals surface area contributed by atoms with Gasteiger partial charge in [0.05, 0.1) is 31.0 Å². The highest BCUT2D eigenvalue weighted by atomic mass is 32.1. The Morgan fingerprint density at radius 1 is 1.57 bits per heavy atom. The van der Waals surface area contributed by atoms with Crippen LogP contribution in [-0.4, -0.2) is 41.5 Å². The summed E-state index contributed by atoms with van der Waals surface area (Å²) in [7, 11) is 0. The standard InChI is InChI=1S/C17H20N2O3S/c1-2-7-18-15(20)13-12-5-6-17(22-12)10-19(16(21)14(13)17)9-11-4-3-8-23-11/h3-6,8,12-14H,2,7,9-10H2,1H3,(H,18,20). The number of carbonyl (C=O) groups excluding carboxylic acids is 2. The number of likely N-dealkylation sites (tertiary alicyclic amines) is 1. The molecule has 4 rings (SSSR count). The lowest BCUT2D eigenvalue weighted by atomic mass is 9.77. The van der Waals surface area contributed by atoms with Crippen molar-refractivity contribution in [2.45, 2.75) is 31.6 Å². The second kappa shape index (κ2) is 5.46. The smallest absolute Gasteiger partial charge is 0.230 e. The van der Waals surface area contributed by atoms with Gasteiger partial charge in [-0.05, 0) is 17.9 Å². The molecule has 2 saturated heterocycles. The summed E-state index contributed by atoms with van der Waals surface area (Å²) in [5, 5.41) is 4.94. The molecule has 4 unspecified atom stereocenters. The Kier molecular flexibility index (Phi) is 3.54. The molecule has 4 heterocycles. The van der Waals surface area contributed by atoms with Gasteiger partial charge in [0, 0.05) is 11.4 Å². The number of rotatable bonds is 5. The Morgan fingerprint density at radius 2 is 2.43 bits per heavy atom. The fraction of sp³-hybridized carbons (Fsp3) is 0.529. The molecule has 5 nitrogen and oxygen atoms in total. The van der Waals surface area contributed by atoms with Crippen LogP contribution < -0.4 is 5.32 Å². The average Bonchev–Trinajstić information content (AvgIpc) is 3.28. The van der Waals surface area contributed by atoms with E-state index in [-0.39, 0.29) is 23.8 Å². The van der Waals surface area contributed by atoms with Gasteiger partial charge < -0.3 is 15.0 Å². The van der Waals surface area contributed by atoms with E-state index in [0.717, 1.165) is 11.3 Å². The Morgan fingerprint density at radius 3 is 3.17 bits per heavy atom. The maximum absolute atomic E-state index is 12.9. The van der Waals surface area contributed by atoms with Gasteiger partial charge in [0.15, 0.2) is 0 Å². The minimum absolute atomic E-state index is 0.0434. The molecule has 6 heteroatoms. The molecule has 122 valence electrons. The van der Waals surface area contributed by atoms with E-state index in [4.69, 9.17) is 4.74 Å². The van der Waals surface area contributed by atoms with E-state index in [1.54, 1.807) is 11.3 Å². The van der Waals surface area contributed by atoms with E-state index in [2.05, 4.69) is 5.32 Å². The molecule has 0 saturated carbocycles. The van der Waals surface area contributed by atoms with Crippen molar-refractivity contribution in [3.63, 3.8) is 0 Å². The molecule has 4 atom stereocenters. The van der Waals surface area contributed by atoms with Crippen LogP contribution in [0.4, 0.5) is 0 Å². The number of fused-ring (bicyclic) bond motifs is 1. The molecule has 2 fully saturated rings. The fourth-order valence-electron chi connectivity index (χ4n) is 3.97. The lowest BCUT2D eigenvalue weighted by molar-refractivity contribution is -0.137. The molecule has 1 spiro atoms. The van der Waals surface area contributed by atoms with E-state index >= 15 is 0 Å². The molecule has 0 aromatic carbocycles. The maximum atomic E-state index is 12.9. The molecule has 0 radical (unpaired) electrons. The minimum Gasteiger partial charge on any atom is -0.360 e. The zero-order chi connectivity index (χ0) is 16.0. The highest BCUT2D eigenvalue weighted by molar-refractivity contribution is 7.09. The molecule has 3 aliphatic heterocycles. The van der Waals surface area contributed by atoms with Gasteiger partial charge in [0.1, 0.15) is 5.60 Å². The fourth-order valence-corrected chi connectivity index (χ4v) is 4.69. The number of nitrogens with zero attached hydrogens (tertiary/aromatic N) is 1. The average molecular weight is 332 g/mol. The molecular formula is C17H20N2O3S. The highest BCUT2D eigenvalue weighted by Gasteiger charge is 2.66. The van der Waals surface area contributed by atoms with Gasteiger partial charge >= 0.3 is 0 Å². The Balaban J connectivity index is 1.57. The van der Waals surface area contributed by atoms with Crippen LogP contribution in [0.1, 0.15) is 18.2 Å². The first-order valence-corrected chi connectivity index (χ1v) is 8.98. The molecule has 1 aromatic heterocycles. The summed E-state index contributed by atoms with van der Waals surface area (Å²) < 4.78 is 6.09. The van der Waals surface area contributed by atoms with Crippen molar-refractivity contribution in [1.82, 2.24) is 10.2 Å². The van der Waals surface area contributed by atoms with Crippen LogP contribution in [0.3, 0.4) is 0 Å². The van der Waals surface area contributed by atoms with Gasteiger partial charge in [-0.3, -0.25) is 9.59 Å². The quantitative estimate of drug-likeness (QED) is 0.833. The van der Waals surface area contributed by atoms with Gasteiger partial charge in [-0.15, -0.1) is 11.3 Å². The number of hydrogen-bond acceptors (Lipinski definition) is 4. The third-order valence-electron chi connectivity index (χ3n) is 4.96. The van der Waals surface area contributed by atoms with E-state index in [1.807, 2.05) is 41.5 Å². The molecule has 23 heavy (non-hydrogen) atoms. The van der Waals surface area contributed by atoms with E-state index < -0.39 is 11.5 Å². The summed E-state index contributed by atoms with van der Waals surface area (Å²) in [6.45, 7) is 3.79. The molecular weight excluding hydrogens is 312 g/mol. The van der Waals surface area contributed by atoms with Gasteiger partial charge in [-0.1, -0.05) is 25.1 Å².